The van der Waals surface area contributed by atoms with Crippen molar-refractivity contribution < 1.29 is 23.4 Å². The van der Waals surface area contributed by atoms with Gasteiger partial charge in [0.1, 0.15) is 11.3 Å². The van der Waals surface area contributed by atoms with E-state index < -0.39 is 0 Å². The Morgan fingerprint density at radius 1 is 0.949 bits per heavy atom. The average Bonchev–Trinajstić information content (AvgIpc) is 3.41. The van der Waals surface area contributed by atoms with Crippen LogP contribution in [-0.2, 0) is 0 Å². The molecule has 9 nitrogen and oxygen atoms in total. The van der Waals surface area contributed by atoms with Gasteiger partial charge in [-0.05, 0) is 55.8 Å². The van der Waals surface area contributed by atoms with E-state index in [-0.39, 0.29) is 17.5 Å². The van der Waals surface area contributed by atoms with E-state index in [1.54, 1.807) is 63.9 Å². The van der Waals surface area contributed by atoms with E-state index in [2.05, 4.69) is 5.10 Å². The number of para-hydroxylation sites is 1. The summed E-state index contributed by atoms with van der Waals surface area (Å²) in [5.41, 5.74) is 1.44. The predicted molar refractivity (Wildman–Crippen MR) is 151 cm³/mol. The highest BCUT2D eigenvalue weighted by molar-refractivity contribution is 5.89. The molecule has 0 aliphatic rings. The molecule has 200 valence electrons. The second kappa shape index (κ2) is 10.9. The van der Waals surface area contributed by atoms with Gasteiger partial charge >= 0.3 is 0 Å². The molecule has 0 fully saturated rings. The molecule has 2 aromatic heterocycles. The maximum atomic E-state index is 13.6. The Hall–Kier alpha value is -4.79. The van der Waals surface area contributed by atoms with Crippen molar-refractivity contribution in [3.05, 3.63) is 76.6 Å². The fraction of sp³-hybridized carbons (Fsp3) is 0.233. The highest BCUT2D eigenvalue weighted by Crippen LogP contribution is 2.39. The van der Waals surface area contributed by atoms with E-state index in [0.717, 1.165) is 11.8 Å². The summed E-state index contributed by atoms with van der Waals surface area (Å²) in [6, 6.07) is 18.0. The molecule has 2 heterocycles. The van der Waals surface area contributed by atoms with Gasteiger partial charge in [-0.25, -0.2) is 4.98 Å². The molecule has 3 aromatic carbocycles. The number of hydrogen-bond donors (Lipinski definition) is 0. The van der Waals surface area contributed by atoms with Crippen LogP contribution in [0.25, 0.3) is 33.5 Å². The standard InChI is InChI=1S/C30H29N3O6/c1-6-18(2)38-28-25(36-4)14-19(15-26(28)37-5)17-31-33-29(32-22-11-8-7-10-20(22)30(33)34)27-16-21-23(35-3)12-9-13-24(21)39-27/h7-18H,6H2,1-5H3/t18-/m0/s1. The maximum Gasteiger partial charge on any atom is 0.282 e. The van der Waals surface area contributed by atoms with Crippen LogP contribution in [-0.4, -0.2) is 43.3 Å². The van der Waals surface area contributed by atoms with E-state index in [4.69, 9.17) is 28.3 Å². The van der Waals surface area contributed by atoms with Gasteiger partial charge in [0, 0.05) is 5.56 Å². The van der Waals surface area contributed by atoms with E-state index in [1.807, 2.05) is 38.1 Å². The van der Waals surface area contributed by atoms with Crippen molar-refractivity contribution in [2.75, 3.05) is 21.3 Å². The van der Waals surface area contributed by atoms with Crippen LogP contribution in [0.5, 0.6) is 23.0 Å². The summed E-state index contributed by atoms with van der Waals surface area (Å²) >= 11 is 0. The van der Waals surface area contributed by atoms with Crippen molar-refractivity contribution in [3.8, 4) is 34.6 Å². The third-order valence-corrected chi connectivity index (χ3v) is 6.41. The summed E-state index contributed by atoms with van der Waals surface area (Å²) in [6.07, 6.45) is 2.34. The largest absolute Gasteiger partial charge is 0.496 e. The number of nitrogens with zero attached hydrogens (tertiary/aromatic N) is 3. The molecule has 0 saturated heterocycles. The normalized spacial score (nSPS) is 12.2. The zero-order valence-corrected chi connectivity index (χ0v) is 22.4. The third-order valence-electron chi connectivity index (χ3n) is 6.41. The number of ether oxygens (including phenoxy) is 4. The number of fused-ring (bicyclic) bond motifs is 2. The second-order valence-corrected chi connectivity index (χ2v) is 8.89. The average molecular weight is 528 g/mol. The van der Waals surface area contributed by atoms with E-state index >= 15 is 0 Å². The molecule has 5 rings (SSSR count). The fourth-order valence-electron chi connectivity index (χ4n) is 4.21. The Morgan fingerprint density at radius 2 is 1.67 bits per heavy atom. The molecule has 0 aliphatic carbocycles. The van der Waals surface area contributed by atoms with Gasteiger partial charge in [-0.2, -0.15) is 9.78 Å². The number of benzene rings is 3. The topological polar surface area (TPSA) is 97.3 Å². The van der Waals surface area contributed by atoms with Crippen LogP contribution in [0.15, 0.2) is 75.0 Å². The number of furan rings is 1. The van der Waals surface area contributed by atoms with Crippen molar-refractivity contribution >= 4 is 28.1 Å². The molecule has 0 radical (unpaired) electrons. The Labute approximate surface area is 225 Å². The molecule has 0 bridgehead atoms. The van der Waals surface area contributed by atoms with Gasteiger partial charge in [-0.1, -0.05) is 25.1 Å². The zero-order chi connectivity index (χ0) is 27.5. The van der Waals surface area contributed by atoms with Gasteiger partial charge in [0.05, 0.1) is 49.9 Å². The van der Waals surface area contributed by atoms with Gasteiger partial charge in [0.2, 0.25) is 11.6 Å². The van der Waals surface area contributed by atoms with Crippen LogP contribution in [0.2, 0.25) is 0 Å². The van der Waals surface area contributed by atoms with Gasteiger partial charge in [0.25, 0.3) is 5.56 Å². The maximum absolute atomic E-state index is 13.6. The first-order valence-corrected chi connectivity index (χ1v) is 12.5. The fourth-order valence-corrected chi connectivity index (χ4v) is 4.21. The Balaban J connectivity index is 1.66. The summed E-state index contributed by atoms with van der Waals surface area (Å²) in [6.45, 7) is 4.01. The number of hydrogen-bond acceptors (Lipinski definition) is 8. The zero-order valence-electron chi connectivity index (χ0n) is 22.4. The van der Waals surface area contributed by atoms with Gasteiger partial charge in [-0.3, -0.25) is 4.79 Å². The summed E-state index contributed by atoms with van der Waals surface area (Å²) in [5.74, 6) is 2.77. The van der Waals surface area contributed by atoms with Crippen LogP contribution in [0, 0.1) is 0 Å². The molecule has 0 N–H and O–H groups in total. The van der Waals surface area contributed by atoms with Gasteiger partial charge in [-0.15, -0.1) is 0 Å². The number of rotatable bonds is 9. The first kappa shape index (κ1) is 25.8. The highest BCUT2D eigenvalue weighted by atomic mass is 16.5. The first-order valence-electron chi connectivity index (χ1n) is 12.5. The minimum absolute atomic E-state index is 0.0282. The molecule has 0 amide bonds. The molecule has 9 heteroatoms. The van der Waals surface area contributed by atoms with Crippen molar-refractivity contribution in [3.63, 3.8) is 0 Å². The smallest absolute Gasteiger partial charge is 0.282 e. The van der Waals surface area contributed by atoms with Crippen LogP contribution in [0.1, 0.15) is 25.8 Å². The second-order valence-electron chi connectivity index (χ2n) is 8.89. The molecular weight excluding hydrogens is 498 g/mol. The molecule has 0 aliphatic heterocycles. The molecule has 39 heavy (non-hydrogen) atoms. The molecule has 0 unspecified atom stereocenters. The van der Waals surface area contributed by atoms with Crippen molar-refractivity contribution in [1.82, 2.24) is 9.66 Å². The van der Waals surface area contributed by atoms with Crippen molar-refractivity contribution in [2.45, 2.75) is 26.4 Å². The molecule has 5 aromatic rings. The summed E-state index contributed by atoms with van der Waals surface area (Å²) < 4.78 is 30.0. The predicted octanol–water partition coefficient (Wildman–Crippen LogP) is 5.90. The summed E-state index contributed by atoms with van der Waals surface area (Å²) in [7, 11) is 4.72. The Kier molecular flexibility index (Phi) is 7.23. The molecule has 0 saturated carbocycles. The number of methoxy groups -OCH3 is 3. The van der Waals surface area contributed by atoms with Crippen LogP contribution >= 0.6 is 0 Å². The van der Waals surface area contributed by atoms with Gasteiger partial charge in [0.15, 0.2) is 17.3 Å². The minimum atomic E-state index is -0.338. The van der Waals surface area contributed by atoms with Gasteiger partial charge < -0.3 is 23.4 Å². The highest BCUT2D eigenvalue weighted by Gasteiger charge is 2.19. The lowest BCUT2D eigenvalue weighted by molar-refractivity contribution is 0.198. The van der Waals surface area contributed by atoms with Crippen LogP contribution in [0.3, 0.4) is 0 Å². The lowest BCUT2D eigenvalue weighted by Crippen LogP contribution is -2.20. The molecule has 1 atom stereocenters. The molecule has 0 spiro atoms. The SMILES string of the molecule is CC[C@H](C)Oc1c(OC)cc(C=Nn2c(-c3cc4c(OC)cccc4o3)nc3ccccc3c2=O)cc1OC. The Morgan fingerprint density at radius 3 is 2.36 bits per heavy atom. The van der Waals surface area contributed by atoms with E-state index in [1.165, 1.54) is 4.68 Å². The van der Waals surface area contributed by atoms with Crippen molar-refractivity contribution in [1.29, 1.82) is 0 Å². The first-order chi connectivity index (χ1) is 19.0. The summed E-state index contributed by atoms with van der Waals surface area (Å²) in [5, 5.41) is 5.74. The molecular formula is C30H29N3O6. The monoisotopic (exact) mass is 527 g/mol. The number of aromatic nitrogens is 2. The van der Waals surface area contributed by atoms with Crippen LogP contribution < -0.4 is 24.5 Å². The van der Waals surface area contributed by atoms with Crippen molar-refractivity contribution in [2.24, 2.45) is 5.10 Å². The minimum Gasteiger partial charge on any atom is -0.496 e. The van der Waals surface area contributed by atoms with Crippen LogP contribution in [0.4, 0.5) is 0 Å². The van der Waals surface area contributed by atoms with E-state index in [0.29, 0.717) is 50.8 Å². The Bertz CT molecular complexity index is 1710. The van der Waals surface area contributed by atoms with E-state index in [9.17, 15) is 4.79 Å². The quantitative estimate of drug-likeness (QED) is 0.220. The summed E-state index contributed by atoms with van der Waals surface area (Å²) in [4.78, 5) is 18.3. The lowest BCUT2D eigenvalue weighted by atomic mass is 10.2. The lowest BCUT2D eigenvalue weighted by Gasteiger charge is -2.18. The third kappa shape index (κ3) is 4.90.